The van der Waals surface area contributed by atoms with Crippen LogP contribution in [0.2, 0.25) is 0 Å². The van der Waals surface area contributed by atoms with Gasteiger partial charge in [0.1, 0.15) is 5.75 Å². The number of carbonyl (C=O) groups is 2. The monoisotopic (exact) mass is 429 g/mol. The van der Waals surface area contributed by atoms with Gasteiger partial charge in [-0.15, -0.1) is 0 Å². The Morgan fingerprint density at radius 1 is 1.29 bits per heavy atom. The van der Waals surface area contributed by atoms with Crippen molar-refractivity contribution in [3.8, 4) is 17.1 Å². The number of nitrogens with one attached hydrogen (secondary N) is 1. The lowest BCUT2D eigenvalue weighted by atomic mass is 10.1. The van der Waals surface area contributed by atoms with Crippen molar-refractivity contribution >= 4 is 11.8 Å². The molecular formula is C23H31N3O5. The molecule has 1 N–H and O–H groups in total. The fourth-order valence-electron chi connectivity index (χ4n) is 3.50. The van der Waals surface area contributed by atoms with Gasteiger partial charge in [-0.1, -0.05) is 19.0 Å². The SMILES string of the molecule is COc1ccc(-c2cc(C(=O)N(CCC(=O)NC[C@@H]3CCCO3)CC(C)C)no2)cc1. The maximum atomic E-state index is 13.0. The lowest BCUT2D eigenvalue weighted by Crippen LogP contribution is -2.39. The van der Waals surface area contributed by atoms with Crippen LogP contribution in [0, 0.1) is 5.92 Å². The molecule has 1 atom stereocenters. The Labute approximate surface area is 182 Å². The summed E-state index contributed by atoms with van der Waals surface area (Å²) in [7, 11) is 1.60. The Hall–Kier alpha value is -2.87. The molecule has 0 bridgehead atoms. The Morgan fingerprint density at radius 3 is 2.71 bits per heavy atom. The molecule has 1 aliphatic heterocycles. The van der Waals surface area contributed by atoms with E-state index in [1.54, 1.807) is 18.1 Å². The number of amides is 2. The van der Waals surface area contributed by atoms with Crippen molar-refractivity contribution in [2.45, 2.75) is 39.2 Å². The summed E-state index contributed by atoms with van der Waals surface area (Å²) in [6.45, 7) is 6.19. The van der Waals surface area contributed by atoms with Crippen molar-refractivity contribution in [1.82, 2.24) is 15.4 Å². The van der Waals surface area contributed by atoms with E-state index in [1.165, 1.54) is 0 Å². The summed E-state index contributed by atoms with van der Waals surface area (Å²) >= 11 is 0. The van der Waals surface area contributed by atoms with E-state index in [2.05, 4.69) is 10.5 Å². The van der Waals surface area contributed by atoms with Crippen molar-refractivity contribution in [3.05, 3.63) is 36.0 Å². The van der Waals surface area contributed by atoms with Gasteiger partial charge < -0.3 is 24.2 Å². The van der Waals surface area contributed by atoms with Gasteiger partial charge in [0.05, 0.1) is 13.2 Å². The van der Waals surface area contributed by atoms with E-state index in [0.717, 1.165) is 30.8 Å². The first-order valence-electron chi connectivity index (χ1n) is 10.7. The number of carbonyl (C=O) groups excluding carboxylic acids is 2. The quantitative estimate of drug-likeness (QED) is 0.624. The summed E-state index contributed by atoms with van der Waals surface area (Å²) in [5, 5.41) is 6.87. The van der Waals surface area contributed by atoms with Crippen LogP contribution in [-0.2, 0) is 9.53 Å². The summed E-state index contributed by atoms with van der Waals surface area (Å²) in [5.41, 5.74) is 1.03. The molecule has 0 radical (unpaired) electrons. The molecule has 31 heavy (non-hydrogen) atoms. The predicted molar refractivity (Wildman–Crippen MR) is 116 cm³/mol. The summed E-state index contributed by atoms with van der Waals surface area (Å²) in [6, 6.07) is 8.96. The molecule has 8 heteroatoms. The minimum Gasteiger partial charge on any atom is -0.497 e. The van der Waals surface area contributed by atoms with E-state index in [9.17, 15) is 9.59 Å². The lowest BCUT2D eigenvalue weighted by molar-refractivity contribution is -0.121. The summed E-state index contributed by atoms with van der Waals surface area (Å²) in [4.78, 5) is 26.9. The van der Waals surface area contributed by atoms with Gasteiger partial charge in [-0.2, -0.15) is 0 Å². The average Bonchev–Trinajstić information content (AvgIpc) is 3.47. The van der Waals surface area contributed by atoms with Crippen molar-refractivity contribution in [2.24, 2.45) is 5.92 Å². The van der Waals surface area contributed by atoms with E-state index in [-0.39, 0.29) is 36.0 Å². The van der Waals surface area contributed by atoms with Gasteiger partial charge in [-0.3, -0.25) is 9.59 Å². The molecular weight excluding hydrogens is 398 g/mol. The molecule has 1 aliphatic rings. The number of rotatable bonds is 10. The van der Waals surface area contributed by atoms with Crippen LogP contribution in [0.5, 0.6) is 5.75 Å². The predicted octanol–water partition coefficient (Wildman–Crippen LogP) is 3.13. The van der Waals surface area contributed by atoms with Crippen molar-refractivity contribution < 1.29 is 23.6 Å². The molecule has 8 nitrogen and oxygen atoms in total. The second-order valence-corrected chi connectivity index (χ2v) is 8.14. The molecule has 2 aromatic rings. The highest BCUT2D eigenvalue weighted by atomic mass is 16.5. The van der Waals surface area contributed by atoms with E-state index in [0.29, 0.717) is 25.4 Å². The molecule has 2 heterocycles. The van der Waals surface area contributed by atoms with Crippen LogP contribution in [-0.4, -0.2) is 61.3 Å². The third-order valence-electron chi connectivity index (χ3n) is 5.14. The molecule has 1 aromatic carbocycles. The van der Waals surface area contributed by atoms with Crippen LogP contribution in [0.15, 0.2) is 34.9 Å². The number of ether oxygens (including phenoxy) is 2. The smallest absolute Gasteiger partial charge is 0.276 e. The summed E-state index contributed by atoms with van der Waals surface area (Å²) in [6.07, 6.45) is 2.34. The van der Waals surface area contributed by atoms with E-state index in [4.69, 9.17) is 14.0 Å². The molecule has 1 fully saturated rings. The molecule has 0 spiro atoms. The van der Waals surface area contributed by atoms with Crippen LogP contribution in [0.3, 0.4) is 0 Å². The highest BCUT2D eigenvalue weighted by Gasteiger charge is 2.22. The van der Waals surface area contributed by atoms with Crippen LogP contribution < -0.4 is 10.1 Å². The first kappa shape index (κ1) is 22.8. The summed E-state index contributed by atoms with van der Waals surface area (Å²) < 4.78 is 16.1. The van der Waals surface area contributed by atoms with Gasteiger partial charge in [-0.05, 0) is 43.0 Å². The van der Waals surface area contributed by atoms with Crippen molar-refractivity contribution in [3.63, 3.8) is 0 Å². The first-order valence-corrected chi connectivity index (χ1v) is 10.7. The van der Waals surface area contributed by atoms with E-state index in [1.807, 2.05) is 38.1 Å². The average molecular weight is 430 g/mol. The number of nitrogens with zero attached hydrogens (tertiary/aromatic N) is 2. The van der Waals surface area contributed by atoms with Crippen molar-refractivity contribution in [2.75, 3.05) is 33.4 Å². The number of aromatic nitrogens is 1. The van der Waals surface area contributed by atoms with Crippen LogP contribution in [0.25, 0.3) is 11.3 Å². The van der Waals surface area contributed by atoms with Gasteiger partial charge in [0, 0.05) is 44.3 Å². The highest BCUT2D eigenvalue weighted by Crippen LogP contribution is 2.23. The zero-order valence-electron chi connectivity index (χ0n) is 18.4. The number of hydrogen-bond donors (Lipinski definition) is 1. The van der Waals surface area contributed by atoms with Gasteiger partial charge in [0.2, 0.25) is 5.91 Å². The standard InChI is InChI=1S/C23H31N3O5/c1-16(2)15-26(11-10-22(27)24-14-19-5-4-12-30-19)23(28)20-13-21(31-25-20)17-6-8-18(29-3)9-7-17/h6-9,13,16,19H,4-5,10-12,14-15H2,1-3H3,(H,24,27)/t19-/m0/s1. The molecule has 3 rings (SSSR count). The Kier molecular flexibility index (Phi) is 8.06. The first-order chi connectivity index (χ1) is 15.0. The molecule has 2 amide bonds. The Morgan fingerprint density at radius 2 is 2.06 bits per heavy atom. The second-order valence-electron chi connectivity index (χ2n) is 8.14. The number of benzene rings is 1. The fraction of sp³-hybridized carbons (Fsp3) is 0.522. The maximum Gasteiger partial charge on any atom is 0.276 e. The molecule has 168 valence electrons. The van der Waals surface area contributed by atoms with Gasteiger partial charge >= 0.3 is 0 Å². The van der Waals surface area contributed by atoms with Crippen molar-refractivity contribution in [1.29, 1.82) is 0 Å². The normalized spacial score (nSPS) is 15.8. The molecule has 1 aromatic heterocycles. The van der Waals surface area contributed by atoms with E-state index < -0.39 is 0 Å². The molecule has 0 unspecified atom stereocenters. The van der Waals surface area contributed by atoms with Crippen LogP contribution >= 0.6 is 0 Å². The summed E-state index contributed by atoms with van der Waals surface area (Å²) in [5.74, 6) is 1.16. The Balaban J connectivity index is 1.59. The highest BCUT2D eigenvalue weighted by molar-refractivity contribution is 5.93. The third-order valence-corrected chi connectivity index (χ3v) is 5.14. The zero-order chi connectivity index (χ0) is 22.2. The minimum absolute atomic E-state index is 0.0869. The lowest BCUT2D eigenvalue weighted by Gasteiger charge is -2.23. The number of methoxy groups -OCH3 is 1. The third kappa shape index (κ3) is 6.55. The molecule has 1 saturated heterocycles. The maximum absolute atomic E-state index is 13.0. The van der Waals surface area contributed by atoms with E-state index >= 15 is 0 Å². The fourth-order valence-corrected chi connectivity index (χ4v) is 3.50. The van der Waals surface area contributed by atoms with Gasteiger partial charge in [-0.25, -0.2) is 0 Å². The van der Waals surface area contributed by atoms with Gasteiger partial charge in [0.15, 0.2) is 11.5 Å². The molecule has 0 saturated carbocycles. The van der Waals surface area contributed by atoms with Crippen LogP contribution in [0.1, 0.15) is 43.6 Å². The van der Waals surface area contributed by atoms with Crippen LogP contribution in [0.4, 0.5) is 0 Å². The molecule has 0 aliphatic carbocycles. The topological polar surface area (TPSA) is 93.9 Å². The second kappa shape index (κ2) is 10.9. The minimum atomic E-state index is -0.246. The largest absolute Gasteiger partial charge is 0.497 e. The number of hydrogen-bond acceptors (Lipinski definition) is 6. The zero-order valence-corrected chi connectivity index (χ0v) is 18.4. The van der Waals surface area contributed by atoms with Gasteiger partial charge in [0.25, 0.3) is 5.91 Å². The Bertz CT molecular complexity index is 856.